The summed E-state index contributed by atoms with van der Waals surface area (Å²) in [4.78, 5) is 0. The fraction of sp³-hybridized carbons (Fsp3) is 0.250. The van der Waals surface area contributed by atoms with Crippen LogP contribution in [0.3, 0.4) is 0 Å². The predicted octanol–water partition coefficient (Wildman–Crippen LogP) is 3.29. The van der Waals surface area contributed by atoms with Gasteiger partial charge in [-0.15, -0.1) is 0 Å². The summed E-state index contributed by atoms with van der Waals surface area (Å²) in [7, 11) is 1.63. The van der Waals surface area contributed by atoms with Crippen LogP contribution in [0.2, 0.25) is 0 Å². The van der Waals surface area contributed by atoms with Crippen LogP contribution in [0.5, 0.6) is 0 Å². The van der Waals surface area contributed by atoms with Crippen molar-refractivity contribution in [2.75, 3.05) is 5.32 Å². The first kappa shape index (κ1) is 14.3. The van der Waals surface area contributed by atoms with Gasteiger partial charge in [0.25, 0.3) is 0 Å². The normalized spacial score (nSPS) is 12.6. The molecule has 1 heterocycles. The minimum atomic E-state index is -2.18. The maximum Gasteiger partial charge on any atom is 0.200 e. The molecule has 3 nitrogen and oxygen atoms in total. The zero-order valence-electron chi connectivity index (χ0n) is 10.5. The van der Waals surface area contributed by atoms with Gasteiger partial charge in [0.1, 0.15) is 5.69 Å². The van der Waals surface area contributed by atoms with E-state index in [1.807, 2.05) is 0 Å². The van der Waals surface area contributed by atoms with Gasteiger partial charge in [-0.05, 0) is 6.92 Å². The van der Waals surface area contributed by atoms with E-state index in [0.29, 0.717) is 5.56 Å². The summed E-state index contributed by atoms with van der Waals surface area (Å²) >= 11 is 0. The highest BCUT2D eigenvalue weighted by molar-refractivity contribution is 5.49. The predicted molar refractivity (Wildman–Crippen MR) is 61.5 cm³/mol. The molecular weight excluding hydrogens is 281 g/mol. The molecule has 0 radical (unpaired) electrons. The van der Waals surface area contributed by atoms with Gasteiger partial charge in [0.2, 0.25) is 5.82 Å². The van der Waals surface area contributed by atoms with Crippen LogP contribution in [0.4, 0.5) is 27.6 Å². The van der Waals surface area contributed by atoms with E-state index in [-0.39, 0.29) is 0 Å². The standard InChI is InChI=1S/C12H10F5N3/c1-5(6-3-18-20(2)4-6)19-12-10(16)8(14)7(13)9(15)11(12)17/h3-5,19H,1-2H3. The molecule has 0 spiro atoms. The van der Waals surface area contributed by atoms with Crippen LogP contribution in [0.1, 0.15) is 18.5 Å². The van der Waals surface area contributed by atoms with Gasteiger partial charge in [-0.1, -0.05) is 0 Å². The summed E-state index contributed by atoms with van der Waals surface area (Å²) < 4.78 is 67.4. The number of nitrogens with one attached hydrogen (secondary N) is 1. The molecule has 8 heteroatoms. The van der Waals surface area contributed by atoms with Crippen LogP contribution >= 0.6 is 0 Å². The van der Waals surface area contributed by atoms with Crippen molar-refractivity contribution in [2.24, 2.45) is 7.05 Å². The van der Waals surface area contributed by atoms with Gasteiger partial charge < -0.3 is 5.32 Å². The van der Waals surface area contributed by atoms with Crippen molar-refractivity contribution in [3.8, 4) is 0 Å². The molecule has 1 atom stereocenters. The maximum atomic E-state index is 13.5. The number of rotatable bonds is 3. The minimum absolute atomic E-state index is 0.538. The molecule has 0 fully saturated rings. The van der Waals surface area contributed by atoms with Crippen molar-refractivity contribution in [2.45, 2.75) is 13.0 Å². The summed E-state index contributed by atoms with van der Waals surface area (Å²) in [6.07, 6.45) is 2.98. The molecule has 0 amide bonds. The third-order valence-electron chi connectivity index (χ3n) is 2.80. The van der Waals surface area contributed by atoms with Crippen molar-refractivity contribution in [3.63, 3.8) is 0 Å². The lowest BCUT2D eigenvalue weighted by atomic mass is 10.1. The molecule has 2 aromatic rings. The second-order valence-electron chi connectivity index (χ2n) is 4.26. The van der Waals surface area contributed by atoms with Crippen molar-refractivity contribution in [3.05, 3.63) is 47.0 Å². The maximum absolute atomic E-state index is 13.5. The molecule has 1 unspecified atom stereocenters. The fourth-order valence-corrected chi connectivity index (χ4v) is 1.70. The van der Waals surface area contributed by atoms with Crippen LogP contribution in [-0.2, 0) is 7.05 Å². The first-order valence-electron chi connectivity index (χ1n) is 5.59. The molecule has 0 saturated heterocycles. The molecular formula is C12H10F5N3. The van der Waals surface area contributed by atoms with E-state index in [1.165, 1.54) is 17.8 Å². The molecule has 1 aromatic carbocycles. The number of nitrogens with zero attached hydrogens (tertiary/aromatic N) is 2. The Bertz CT molecular complexity index is 624. The first-order chi connectivity index (χ1) is 9.32. The summed E-state index contributed by atoms with van der Waals surface area (Å²) in [5.41, 5.74) is -0.519. The van der Waals surface area contributed by atoms with E-state index in [1.54, 1.807) is 13.2 Å². The smallest absolute Gasteiger partial charge is 0.200 e. The van der Waals surface area contributed by atoms with Crippen LogP contribution in [0.15, 0.2) is 12.4 Å². The lowest BCUT2D eigenvalue weighted by Gasteiger charge is -2.16. The van der Waals surface area contributed by atoms with Crippen LogP contribution in [0.25, 0.3) is 0 Å². The van der Waals surface area contributed by atoms with Gasteiger partial charge in [-0.25, -0.2) is 22.0 Å². The van der Waals surface area contributed by atoms with Gasteiger partial charge in [-0.3, -0.25) is 4.68 Å². The summed E-state index contributed by atoms with van der Waals surface area (Å²) in [5, 5.41) is 6.12. The Morgan fingerprint density at radius 3 is 1.95 bits per heavy atom. The molecule has 1 aromatic heterocycles. The zero-order valence-corrected chi connectivity index (χ0v) is 10.5. The van der Waals surface area contributed by atoms with E-state index >= 15 is 0 Å². The van der Waals surface area contributed by atoms with Gasteiger partial charge in [0, 0.05) is 18.8 Å². The Labute approximate surface area is 111 Å². The molecule has 0 aliphatic carbocycles. The van der Waals surface area contributed by atoms with E-state index in [4.69, 9.17) is 0 Å². The Hall–Kier alpha value is -2.12. The summed E-state index contributed by atoms with van der Waals surface area (Å²) in [6.45, 7) is 1.51. The number of benzene rings is 1. The third-order valence-corrected chi connectivity index (χ3v) is 2.80. The minimum Gasteiger partial charge on any atom is -0.373 e. The van der Waals surface area contributed by atoms with E-state index in [2.05, 4.69) is 10.4 Å². The van der Waals surface area contributed by atoms with Crippen molar-refractivity contribution < 1.29 is 22.0 Å². The monoisotopic (exact) mass is 291 g/mol. The summed E-state index contributed by atoms with van der Waals surface area (Å²) in [5.74, 6) is -9.93. The van der Waals surface area contributed by atoms with Gasteiger partial charge >= 0.3 is 0 Å². The molecule has 0 aliphatic rings. The summed E-state index contributed by atoms with van der Waals surface area (Å²) in [6, 6.07) is -0.683. The molecule has 0 saturated carbocycles. The first-order valence-corrected chi connectivity index (χ1v) is 5.59. The number of aromatic nitrogens is 2. The van der Waals surface area contributed by atoms with E-state index < -0.39 is 40.8 Å². The highest BCUT2D eigenvalue weighted by Gasteiger charge is 2.26. The average molecular weight is 291 g/mol. The van der Waals surface area contributed by atoms with Crippen molar-refractivity contribution in [1.82, 2.24) is 9.78 Å². The Morgan fingerprint density at radius 1 is 1.00 bits per heavy atom. The Kier molecular flexibility index (Phi) is 3.65. The number of hydrogen-bond acceptors (Lipinski definition) is 2. The average Bonchev–Trinajstić information content (AvgIpc) is 2.85. The quantitative estimate of drug-likeness (QED) is 0.534. The third kappa shape index (κ3) is 2.33. The Morgan fingerprint density at radius 2 is 1.50 bits per heavy atom. The van der Waals surface area contributed by atoms with E-state index in [0.717, 1.165) is 0 Å². The second-order valence-corrected chi connectivity index (χ2v) is 4.26. The molecule has 0 bridgehead atoms. The van der Waals surface area contributed by atoms with E-state index in [9.17, 15) is 22.0 Å². The zero-order chi connectivity index (χ0) is 15.0. The highest BCUT2D eigenvalue weighted by atomic mass is 19.2. The molecule has 20 heavy (non-hydrogen) atoms. The number of aryl methyl sites for hydroxylation is 1. The van der Waals surface area contributed by atoms with Crippen LogP contribution in [0, 0.1) is 29.1 Å². The van der Waals surface area contributed by atoms with Crippen molar-refractivity contribution >= 4 is 5.69 Å². The number of hydrogen-bond donors (Lipinski definition) is 1. The number of halogens is 5. The van der Waals surface area contributed by atoms with Gasteiger partial charge in [-0.2, -0.15) is 5.10 Å². The Balaban J connectivity index is 2.39. The molecule has 1 N–H and O–H groups in total. The lowest BCUT2D eigenvalue weighted by Crippen LogP contribution is -2.13. The van der Waals surface area contributed by atoms with Crippen molar-refractivity contribution in [1.29, 1.82) is 0 Å². The highest BCUT2D eigenvalue weighted by Crippen LogP contribution is 2.29. The molecule has 0 aliphatic heterocycles. The largest absolute Gasteiger partial charge is 0.373 e. The lowest BCUT2D eigenvalue weighted by molar-refractivity contribution is 0.381. The number of anilines is 1. The SMILES string of the molecule is CC(Nc1c(F)c(F)c(F)c(F)c1F)c1cnn(C)c1. The second kappa shape index (κ2) is 5.10. The van der Waals surface area contributed by atoms with Gasteiger partial charge in [0.05, 0.1) is 12.2 Å². The van der Waals surface area contributed by atoms with Crippen LogP contribution < -0.4 is 5.32 Å². The molecule has 2 rings (SSSR count). The topological polar surface area (TPSA) is 29.9 Å². The van der Waals surface area contributed by atoms with Crippen LogP contribution in [-0.4, -0.2) is 9.78 Å². The fourth-order valence-electron chi connectivity index (χ4n) is 1.70. The van der Waals surface area contributed by atoms with Gasteiger partial charge in [0.15, 0.2) is 23.3 Å². The molecule has 108 valence electrons.